The minimum atomic E-state index is -4.46. The summed E-state index contributed by atoms with van der Waals surface area (Å²) < 4.78 is 38.4. The van der Waals surface area contributed by atoms with Crippen molar-refractivity contribution in [1.29, 1.82) is 0 Å². The van der Waals surface area contributed by atoms with E-state index in [4.69, 9.17) is 11.6 Å². The van der Waals surface area contributed by atoms with E-state index in [1.54, 1.807) is 11.0 Å². The molecule has 1 fully saturated rings. The van der Waals surface area contributed by atoms with Crippen molar-refractivity contribution in [2.45, 2.75) is 6.18 Å². The summed E-state index contributed by atoms with van der Waals surface area (Å²) in [7, 11) is 0. The van der Waals surface area contributed by atoms with Crippen LogP contribution in [0.4, 0.5) is 18.9 Å². The molecule has 3 rings (SSSR count). The third-order valence-corrected chi connectivity index (χ3v) is 4.52. The van der Waals surface area contributed by atoms with Gasteiger partial charge in [0.15, 0.2) is 0 Å². The Bertz CT molecular complexity index is 771. The highest BCUT2D eigenvalue weighted by Crippen LogP contribution is 2.30. The van der Waals surface area contributed by atoms with Gasteiger partial charge in [-0.3, -0.25) is 4.79 Å². The topological polar surface area (TPSA) is 23.6 Å². The van der Waals surface area contributed by atoms with Crippen LogP contribution >= 0.6 is 11.6 Å². The molecule has 1 amide bonds. The fourth-order valence-electron chi connectivity index (χ4n) is 2.87. The van der Waals surface area contributed by atoms with Crippen molar-refractivity contribution in [2.24, 2.45) is 0 Å². The van der Waals surface area contributed by atoms with E-state index in [0.717, 1.165) is 17.8 Å². The Labute approximate surface area is 148 Å². The lowest BCUT2D eigenvalue weighted by Crippen LogP contribution is -2.48. The third-order valence-electron chi connectivity index (χ3n) is 4.20. The molecule has 0 atom stereocenters. The van der Waals surface area contributed by atoms with Crippen molar-refractivity contribution < 1.29 is 18.0 Å². The molecule has 1 aliphatic rings. The molecule has 0 N–H and O–H groups in total. The standard InChI is InChI=1S/C18H16ClF3N2O/c19-15-6-1-2-7-16(15)23-8-10-24(11-9-23)17(25)13-4-3-5-14(12-13)18(20,21)22/h1-7,12H,8-11H2. The Morgan fingerprint density at radius 2 is 1.64 bits per heavy atom. The molecule has 132 valence electrons. The van der Waals surface area contributed by atoms with Gasteiger partial charge in [0.25, 0.3) is 5.91 Å². The number of rotatable bonds is 2. The molecule has 0 spiro atoms. The summed E-state index contributed by atoms with van der Waals surface area (Å²) in [6.45, 7) is 2.02. The van der Waals surface area contributed by atoms with Crippen molar-refractivity contribution in [3.05, 3.63) is 64.7 Å². The zero-order valence-corrected chi connectivity index (χ0v) is 14.0. The smallest absolute Gasteiger partial charge is 0.367 e. The number of carbonyl (C=O) groups excluding carboxylic acids is 1. The second-order valence-corrected chi connectivity index (χ2v) is 6.22. The van der Waals surface area contributed by atoms with Crippen LogP contribution in [0.2, 0.25) is 5.02 Å². The van der Waals surface area contributed by atoms with Crippen molar-refractivity contribution >= 4 is 23.2 Å². The van der Waals surface area contributed by atoms with Crippen LogP contribution < -0.4 is 4.90 Å². The highest BCUT2D eigenvalue weighted by molar-refractivity contribution is 6.33. The van der Waals surface area contributed by atoms with E-state index in [0.29, 0.717) is 31.2 Å². The number of nitrogens with zero attached hydrogens (tertiary/aromatic N) is 2. The number of para-hydroxylation sites is 1. The zero-order valence-electron chi connectivity index (χ0n) is 13.3. The number of amides is 1. The molecule has 0 unspecified atom stereocenters. The molecule has 3 nitrogen and oxygen atoms in total. The molecule has 1 saturated heterocycles. The van der Waals surface area contributed by atoms with Crippen molar-refractivity contribution in [3.8, 4) is 0 Å². The fourth-order valence-corrected chi connectivity index (χ4v) is 3.13. The van der Waals surface area contributed by atoms with E-state index >= 15 is 0 Å². The highest BCUT2D eigenvalue weighted by atomic mass is 35.5. The van der Waals surface area contributed by atoms with E-state index in [1.165, 1.54) is 12.1 Å². The molecule has 0 bridgehead atoms. The summed E-state index contributed by atoms with van der Waals surface area (Å²) in [6, 6.07) is 12.0. The summed E-state index contributed by atoms with van der Waals surface area (Å²) in [5.41, 5.74) is 0.143. The van der Waals surface area contributed by atoms with Crippen LogP contribution in [0, 0.1) is 0 Å². The predicted octanol–water partition coefficient (Wildman–Crippen LogP) is 4.32. The summed E-state index contributed by atoms with van der Waals surface area (Å²) in [5, 5.41) is 0.639. The Hall–Kier alpha value is -2.21. The number of anilines is 1. The minimum Gasteiger partial charge on any atom is -0.367 e. The summed E-state index contributed by atoms with van der Waals surface area (Å²) in [5.74, 6) is -0.384. The van der Waals surface area contributed by atoms with E-state index in [2.05, 4.69) is 4.90 Å². The average molecular weight is 369 g/mol. The second kappa shape index (κ2) is 6.96. The van der Waals surface area contributed by atoms with Crippen LogP contribution in [0.5, 0.6) is 0 Å². The van der Waals surface area contributed by atoms with Gasteiger partial charge in [-0.05, 0) is 30.3 Å². The van der Waals surface area contributed by atoms with Crippen LogP contribution in [0.3, 0.4) is 0 Å². The predicted molar refractivity (Wildman–Crippen MR) is 91.0 cm³/mol. The van der Waals surface area contributed by atoms with Gasteiger partial charge in [0, 0.05) is 31.7 Å². The molecule has 0 radical (unpaired) electrons. The van der Waals surface area contributed by atoms with Crippen LogP contribution in [-0.4, -0.2) is 37.0 Å². The number of carbonyl (C=O) groups is 1. The van der Waals surface area contributed by atoms with E-state index in [-0.39, 0.29) is 11.5 Å². The first kappa shape index (κ1) is 17.6. The van der Waals surface area contributed by atoms with Gasteiger partial charge in [-0.1, -0.05) is 29.8 Å². The van der Waals surface area contributed by atoms with Gasteiger partial charge >= 0.3 is 6.18 Å². The molecular formula is C18H16ClF3N2O. The number of alkyl halides is 3. The van der Waals surface area contributed by atoms with Gasteiger partial charge in [-0.2, -0.15) is 13.2 Å². The van der Waals surface area contributed by atoms with Crippen LogP contribution in [0.25, 0.3) is 0 Å². The Balaban J connectivity index is 1.69. The lowest BCUT2D eigenvalue weighted by atomic mass is 10.1. The fraction of sp³-hybridized carbons (Fsp3) is 0.278. The monoisotopic (exact) mass is 368 g/mol. The Kier molecular flexibility index (Phi) is 4.90. The van der Waals surface area contributed by atoms with Gasteiger partial charge in [0.05, 0.1) is 16.3 Å². The molecule has 0 aliphatic carbocycles. The van der Waals surface area contributed by atoms with Crippen molar-refractivity contribution in [3.63, 3.8) is 0 Å². The molecule has 25 heavy (non-hydrogen) atoms. The first-order valence-electron chi connectivity index (χ1n) is 7.82. The quantitative estimate of drug-likeness (QED) is 0.788. The normalized spacial score (nSPS) is 15.4. The SMILES string of the molecule is O=C(c1cccc(C(F)(F)F)c1)N1CCN(c2ccccc2Cl)CC1. The molecule has 2 aromatic carbocycles. The average Bonchev–Trinajstić information content (AvgIpc) is 2.61. The summed E-state index contributed by atoms with van der Waals surface area (Å²) >= 11 is 6.18. The molecule has 7 heteroatoms. The van der Waals surface area contributed by atoms with Gasteiger partial charge in [0.1, 0.15) is 0 Å². The molecule has 1 heterocycles. The largest absolute Gasteiger partial charge is 0.416 e. The Morgan fingerprint density at radius 1 is 0.960 bits per heavy atom. The van der Waals surface area contributed by atoms with Gasteiger partial charge in [-0.25, -0.2) is 0 Å². The van der Waals surface area contributed by atoms with Crippen molar-refractivity contribution in [2.75, 3.05) is 31.1 Å². The zero-order chi connectivity index (χ0) is 18.0. The molecule has 0 aromatic heterocycles. The molecule has 2 aromatic rings. The molecule has 1 aliphatic heterocycles. The van der Waals surface area contributed by atoms with Crippen LogP contribution in [0.15, 0.2) is 48.5 Å². The number of piperazine rings is 1. The summed E-state index contributed by atoms with van der Waals surface area (Å²) in [6.07, 6.45) is -4.46. The van der Waals surface area contributed by atoms with E-state index in [9.17, 15) is 18.0 Å². The van der Waals surface area contributed by atoms with Gasteiger partial charge in [-0.15, -0.1) is 0 Å². The third kappa shape index (κ3) is 3.90. The van der Waals surface area contributed by atoms with Gasteiger partial charge in [0.2, 0.25) is 0 Å². The number of halogens is 4. The minimum absolute atomic E-state index is 0.0565. The lowest BCUT2D eigenvalue weighted by Gasteiger charge is -2.36. The van der Waals surface area contributed by atoms with E-state index in [1.807, 2.05) is 18.2 Å². The number of benzene rings is 2. The first-order valence-corrected chi connectivity index (χ1v) is 8.20. The maximum atomic E-state index is 12.8. The molecule has 0 saturated carbocycles. The second-order valence-electron chi connectivity index (χ2n) is 5.81. The van der Waals surface area contributed by atoms with Crippen LogP contribution in [-0.2, 0) is 6.18 Å². The maximum absolute atomic E-state index is 12.8. The highest BCUT2D eigenvalue weighted by Gasteiger charge is 2.31. The maximum Gasteiger partial charge on any atom is 0.416 e. The number of hydrogen-bond donors (Lipinski definition) is 0. The van der Waals surface area contributed by atoms with Gasteiger partial charge < -0.3 is 9.80 Å². The lowest BCUT2D eigenvalue weighted by molar-refractivity contribution is -0.137. The summed E-state index contributed by atoms with van der Waals surface area (Å²) in [4.78, 5) is 16.1. The molecular weight excluding hydrogens is 353 g/mol. The Morgan fingerprint density at radius 3 is 2.28 bits per heavy atom. The number of hydrogen-bond acceptors (Lipinski definition) is 2. The van der Waals surface area contributed by atoms with E-state index < -0.39 is 11.7 Å². The first-order chi connectivity index (χ1) is 11.9. The van der Waals surface area contributed by atoms with Crippen LogP contribution in [0.1, 0.15) is 15.9 Å². The van der Waals surface area contributed by atoms with Crippen molar-refractivity contribution in [1.82, 2.24) is 4.90 Å².